The lowest BCUT2D eigenvalue weighted by molar-refractivity contribution is -0.0641. The van der Waals surface area contributed by atoms with Crippen molar-refractivity contribution in [1.29, 1.82) is 0 Å². The van der Waals surface area contributed by atoms with Crippen LogP contribution in [0.4, 0.5) is 4.79 Å². The predicted octanol–water partition coefficient (Wildman–Crippen LogP) is 3.54. The van der Waals surface area contributed by atoms with E-state index in [4.69, 9.17) is 14.6 Å². The highest BCUT2D eigenvalue weighted by Crippen LogP contribution is 2.29. The maximum absolute atomic E-state index is 10.9. The Morgan fingerprint density at radius 2 is 1.75 bits per heavy atom. The monoisotopic (exact) mass is 446 g/mol. The molecule has 1 amide bonds. The van der Waals surface area contributed by atoms with Crippen LogP contribution in [0, 0.1) is 3.57 Å². The number of hydrogen-bond acceptors (Lipinski definition) is 4. The lowest BCUT2D eigenvalue weighted by atomic mass is 9.94. The number of hydrogen-bond donors (Lipinski definition) is 1. The Bertz CT molecular complexity index is 555. The molecule has 0 spiro atoms. The molecular formula is C17H23IN2O4. The van der Waals surface area contributed by atoms with Gasteiger partial charge in [0.25, 0.3) is 0 Å². The van der Waals surface area contributed by atoms with Crippen LogP contribution in [0.15, 0.2) is 18.5 Å². The second kappa shape index (κ2) is 8.33. The summed E-state index contributed by atoms with van der Waals surface area (Å²) in [5.41, 5.74) is 0. The average Bonchev–Trinajstić information content (AvgIpc) is 2.59. The van der Waals surface area contributed by atoms with Gasteiger partial charge in [-0.1, -0.05) is 0 Å². The van der Waals surface area contributed by atoms with Crippen LogP contribution in [-0.4, -0.2) is 52.5 Å². The van der Waals surface area contributed by atoms with Gasteiger partial charge >= 0.3 is 6.09 Å². The van der Waals surface area contributed by atoms with Crippen LogP contribution in [-0.2, 0) is 4.74 Å². The summed E-state index contributed by atoms with van der Waals surface area (Å²) in [4.78, 5) is 16.5. The number of carbonyl (C=O) groups is 1. The Morgan fingerprint density at radius 3 is 2.38 bits per heavy atom. The maximum atomic E-state index is 10.9. The molecule has 1 N–H and O–H groups in total. The minimum absolute atomic E-state index is 0.198. The Kier molecular flexibility index (Phi) is 6.15. The molecule has 1 saturated carbocycles. The predicted molar refractivity (Wildman–Crippen MR) is 97.3 cm³/mol. The van der Waals surface area contributed by atoms with Gasteiger partial charge in [0.2, 0.25) is 0 Å². The molecule has 1 aromatic heterocycles. The van der Waals surface area contributed by atoms with Crippen molar-refractivity contribution in [2.45, 2.75) is 56.8 Å². The van der Waals surface area contributed by atoms with Gasteiger partial charge in [-0.15, -0.1) is 0 Å². The zero-order valence-electron chi connectivity index (χ0n) is 13.6. The summed E-state index contributed by atoms with van der Waals surface area (Å²) in [6.45, 7) is 1.16. The highest BCUT2D eigenvalue weighted by Gasteiger charge is 2.28. The van der Waals surface area contributed by atoms with Gasteiger partial charge in [-0.3, -0.25) is 4.98 Å². The lowest BCUT2D eigenvalue weighted by Gasteiger charge is -2.35. The highest BCUT2D eigenvalue weighted by atomic mass is 127. The van der Waals surface area contributed by atoms with Crippen LogP contribution in [0.5, 0.6) is 5.75 Å². The molecule has 0 atom stereocenters. The molecule has 2 fully saturated rings. The van der Waals surface area contributed by atoms with Crippen LogP contribution in [0.3, 0.4) is 0 Å². The van der Waals surface area contributed by atoms with Crippen molar-refractivity contribution in [2.75, 3.05) is 13.1 Å². The maximum Gasteiger partial charge on any atom is 0.407 e. The second-order valence-electron chi connectivity index (χ2n) is 6.43. The van der Waals surface area contributed by atoms with Gasteiger partial charge in [-0.25, -0.2) is 4.79 Å². The van der Waals surface area contributed by atoms with Crippen molar-refractivity contribution in [2.24, 2.45) is 0 Å². The number of pyridine rings is 1. The smallest absolute Gasteiger partial charge is 0.407 e. The first-order chi connectivity index (χ1) is 11.6. The van der Waals surface area contributed by atoms with Crippen molar-refractivity contribution in [3.63, 3.8) is 0 Å². The molecule has 1 aromatic rings. The van der Waals surface area contributed by atoms with E-state index < -0.39 is 6.09 Å². The molecule has 0 aromatic carbocycles. The summed E-state index contributed by atoms with van der Waals surface area (Å²) in [6.07, 6.45) is 9.09. The van der Waals surface area contributed by atoms with E-state index in [0.717, 1.165) is 47.8 Å². The van der Waals surface area contributed by atoms with Crippen LogP contribution >= 0.6 is 22.6 Å². The molecule has 3 rings (SSSR count). The highest BCUT2D eigenvalue weighted by molar-refractivity contribution is 14.1. The summed E-state index contributed by atoms with van der Waals surface area (Å²) in [7, 11) is 0. The Balaban J connectivity index is 1.40. The van der Waals surface area contributed by atoms with Crippen molar-refractivity contribution >= 4 is 28.7 Å². The van der Waals surface area contributed by atoms with E-state index in [1.807, 2.05) is 12.3 Å². The number of nitrogens with zero attached hydrogens (tertiary/aromatic N) is 2. The number of halogens is 1. The molecular weight excluding hydrogens is 423 g/mol. The van der Waals surface area contributed by atoms with Gasteiger partial charge in [0, 0.05) is 25.5 Å². The molecule has 7 heteroatoms. The molecule has 6 nitrogen and oxygen atoms in total. The van der Waals surface area contributed by atoms with Crippen molar-refractivity contribution in [3.8, 4) is 5.75 Å². The summed E-state index contributed by atoms with van der Waals surface area (Å²) < 4.78 is 13.3. The van der Waals surface area contributed by atoms with Crippen molar-refractivity contribution in [3.05, 3.63) is 22.0 Å². The van der Waals surface area contributed by atoms with E-state index in [2.05, 4.69) is 27.6 Å². The summed E-state index contributed by atoms with van der Waals surface area (Å²) in [5.74, 6) is 0.913. The number of likely N-dealkylation sites (tertiary alicyclic amines) is 1. The number of piperidine rings is 1. The fraction of sp³-hybridized carbons (Fsp3) is 0.647. The minimum atomic E-state index is -0.822. The summed E-state index contributed by atoms with van der Waals surface area (Å²) in [6, 6.07) is 1.92. The molecule has 24 heavy (non-hydrogen) atoms. The topological polar surface area (TPSA) is 71.9 Å². The lowest BCUT2D eigenvalue weighted by Crippen LogP contribution is -2.41. The third-order valence-corrected chi connectivity index (χ3v) is 5.56. The van der Waals surface area contributed by atoms with E-state index in [1.54, 1.807) is 6.20 Å². The first-order valence-corrected chi connectivity index (χ1v) is 9.59. The molecule has 1 saturated heterocycles. The molecule has 1 aliphatic carbocycles. The quantitative estimate of drug-likeness (QED) is 0.717. The summed E-state index contributed by atoms with van der Waals surface area (Å²) >= 11 is 2.25. The van der Waals surface area contributed by atoms with Crippen LogP contribution < -0.4 is 4.74 Å². The van der Waals surface area contributed by atoms with E-state index in [-0.39, 0.29) is 18.3 Å². The number of amides is 1. The molecule has 0 bridgehead atoms. The van der Waals surface area contributed by atoms with E-state index in [9.17, 15) is 4.79 Å². The van der Waals surface area contributed by atoms with Gasteiger partial charge in [-0.05, 0) is 67.2 Å². The molecule has 0 radical (unpaired) electrons. The van der Waals surface area contributed by atoms with Gasteiger partial charge in [0.05, 0.1) is 21.9 Å². The first-order valence-electron chi connectivity index (χ1n) is 8.51. The second-order valence-corrected chi connectivity index (χ2v) is 7.59. The number of carboxylic acid groups (broad SMARTS) is 1. The zero-order valence-corrected chi connectivity index (χ0v) is 15.7. The molecule has 1 aliphatic heterocycles. The standard InChI is InChI=1S/C17H23IN2O4/c18-15-11-19-8-5-16(15)24-13-3-1-12(2-4-13)23-14-6-9-20(10-7-14)17(21)22/h5,8,11-14H,1-4,6-7,9-10H2,(H,21,22). The van der Waals surface area contributed by atoms with E-state index in [1.165, 1.54) is 4.90 Å². The van der Waals surface area contributed by atoms with Crippen LogP contribution in [0.1, 0.15) is 38.5 Å². The van der Waals surface area contributed by atoms with Gasteiger partial charge < -0.3 is 19.5 Å². The third kappa shape index (κ3) is 4.72. The van der Waals surface area contributed by atoms with E-state index >= 15 is 0 Å². The number of aromatic nitrogens is 1. The fourth-order valence-corrected chi connectivity index (χ4v) is 3.85. The Morgan fingerprint density at radius 1 is 1.12 bits per heavy atom. The Labute approximate surface area is 155 Å². The summed E-state index contributed by atoms with van der Waals surface area (Å²) in [5, 5.41) is 8.98. The number of ether oxygens (including phenoxy) is 2. The SMILES string of the molecule is O=C(O)N1CCC(OC2CCC(Oc3ccncc3I)CC2)CC1. The van der Waals surface area contributed by atoms with Crippen molar-refractivity contribution in [1.82, 2.24) is 9.88 Å². The average molecular weight is 446 g/mol. The molecule has 2 heterocycles. The normalized spacial score (nSPS) is 25.5. The minimum Gasteiger partial charge on any atom is -0.489 e. The zero-order chi connectivity index (χ0) is 16.9. The third-order valence-electron chi connectivity index (χ3n) is 4.75. The first kappa shape index (κ1) is 17.7. The fourth-order valence-electron chi connectivity index (χ4n) is 3.38. The Hall–Kier alpha value is -1.09. The van der Waals surface area contributed by atoms with Gasteiger partial charge in [-0.2, -0.15) is 0 Å². The van der Waals surface area contributed by atoms with Crippen LogP contribution in [0.2, 0.25) is 0 Å². The largest absolute Gasteiger partial charge is 0.489 e. The molecule has 0 unspecified atom stereocenters. The number of rotatable bonds is 4. The molecule has 132 valence electrons. The van der Waals surface area contributed by atoms with E-state index in [0.29, 0.717) is 13.1 Å². The molecule has 2 aliphatic rings. The van der Waals surface area contributed by atoms with Gasteiger partial charge in [0.1, 0.15) is 5.75 Å². The van der Waals surface area contributed by atoms with Crippen molar-refractivity contribution < 1.29 is 19.4 Å². The van der Waals surface area contributed by atoms with Gasteiger partial charge in [0.15, 0.2) is 0 Å². The van der Waals surface area contributed by atoms with Crippen LogP contribution in [0.25, 0.3) is 0 Å².